The van der Waals surface area contributed by atoms with Crippen LogP contribution in [0.25, 0.3) is 11.4 Å². The summed E-state index contributed by atoms with van der Waals surface area (Å²) in [5.41, 5.74) is -1.94. The highest BCUT2D eigenvalue weighted by Crippen LogP contribution is 2.31. The van der Waals surface area contributed by atoms with Crippen molar-refractivity contribution in [3.63, 3.8) is 0 Å². The summed E-state index contributed by atoms with van der Waals surface area (Å²) in [6.45, 7) is -0.687. The average Bonchev–Trinajstić information content (AvgIpc) is 3.20. The number of rotatable bonds is 11. The van der Waals surface area contributed by atoms with Gasteiger partial charge in [0, 0.05) is 17.1 Å². The first-order valence-corrected chi connectivity index (χ1v) is 12.7. The highest BCUT2D eigenvalue weighted by Gasteiger charge is 2.39. The molecule has 0 radical (unpaired) electrons. The Kier molecular flexibility index (Phi) is 10.6. The van der Waals surface area contributed by atoms with Crippen LogP contribution in [-0.4, -0.2) is 62.3 Å². The van der Waals surface area contributed by atoms with Gasteiger partial charge in [-0.15, -0.1) is 5.10 Å². The molecule has 2 unspecified atom stereocenters. The van der Waals surface area contributed by atoms with Crippen molar-refractivity contribution in [1.29, 1.82) is 0 Å². The van der Waals surface area contributed by atoms with E-state index in [0.29, 0.717) is 14.3 Å². The Morgan fingerprint density at radius 2 is 1.74 bits per heavy atom. The van der Waals surface area contributed by atoms with Gasteiger partial charge in [0.25, 0.3) is 0 Å². The second-order valence-corrected chi connectivity index (χ2v) is 9.36. The van der Waals surface area contributed by atoms with Gasteiger partial charge in [-0.05, 0) is 48.9 Å². The molecule has 1 aromatic heterocycles. The fourth-order valence-corrected chi connectivity index (χ4v) is 3.96. The van der Waals surface area contributed by atoms with Gasteiger partial charge in [-0.2, -0.15) is 26.3 Å². The molecule has 4 N–H and O–H groups in total. The zero-order valence-electron chi connectivity index (χ0n) is 21.8. The molecule has 3 atom stereocenters. The average molecular weight is 626 g/mol. The number of halogens is 7. The molecule has 3 rings (SSSR count). The van der Waals surface area contributed by atoms with E-state index in [4.69, 9.17) is 16.3 Å². The van der Waals surface area contributed by atoms with E-state index in [2.05, 4.69) is 15.7 Å². The lowest BCUT2D eigenvalue weighted by molar-refractivity contribution is -0.207. The van der Waals surface area contributed by atoms with Crippen LogP contribution in [0.5, 0.6) is 0 Å². The van der Waals surface area contributed by atoms with Crippen LogP contribution in [0.15, 0.2) is 53.3 Å². The first-order chi connectivity index (χ1) is 19.6. The standard InChI is InChI=1S/C25H26ClF6N5O5/c1-2-42-22(40)33-11-18(15-4-3-5-16(10-15)24(27,28)29)34-20(39)13-37-23(41)36(12-19(38)25(30,31)32)21(35-37)14-6-8-17(26)9-7-14/h3-10,18-20,34,38-39H,2,11-13H2,1H3,(H,33,40)/t18?,19-,20?/m0/s1. The van der Waals surface area contributed by atoms with Crippen LogP contribution < -0.4 is 16.3 Å². The van der Waals surface area contributed by atoms with Crippen molar-refractivity contribution in [2.75, 3.05) is 13.2 Å². The van der Waals surface area contributed by atoms with E-state index in [1.165, 1.54) is 37.3 Å². The number of hydrogen-bond donors (Lipinski definition) is 4. The largest absolute Gasteiger partial charge is 0.450 e. The molecule has 1 amide bonds. The fourth-order valence-electron chi connectivity index (χ4n) is 3.83. The van der Waals surface area contributed by atoms with Crippen molar-refractivity contribution >= 4 is 17.7 Å². The van der Waals surface area contributed by atoms with Crippen molar-refractivity contribution in [3.05, 3.63) is 75.2 Å². The molecule has 0 saturated carbocycles. The van der Waals surface area contributed by atoms with Crippen LogP contribution in [0.2, 0.25) is 5.02 Å². The third kappa shape index (κ3) is 8.70. The molecule has 1 heterocycles. The van der Waals surface area contributed by atoms with E-state index in [0.717, 1.165) is 18.2 Å². The molecule has 0 fully saturated rings. The molecule has 0 aliphatic carbocycles. The number of ether oxygens (including phenoxy) is 1. The molecule has 0 aliphatic rings. The third-order valence-corrected chi connectivity index (χ3v) is 6.09. The van der Waals surface area contributed by atoms with E-state index in [9.17, 15) is 46.1 Å². The number of amides is 1. The maximum Gasteiger partial charge on any atom is 0.416 e. The second kappa shape index (κ2) is 13.6. The second-order valence-electron chi connectivity index (χ2n) is 8.92. The third-order valence-electron chi connectivity index (χ3n) is 5.84. The minimum absolute atomic E-state index is 0.00806. The summed E-state index contributed by atoms with van der Waals surface area (Å²) in [6.07, 6.45) is -15.2. The SMILES string of the molecule is CCOC(=O)NCC(NC(O)Cn1nc(-c2ccc(Cl)cc2)n(C[C@H](O)C(F)(F)F)c1=O)c1cccc(C(F)(F)F)c1. The van der Waals surface area contributed by atoms with Crippen molar-refractivity contribution < 1.29 is 46.1 Å². The molecule has 0 aliphatic heterocycles. The lowest BCUT2D eigenvalue weighted by atomic mass is 10.0. The summed E-state index contributed by atoms with van der Waals surface area (Å²) < 4.78 is 85.1. The van der Waals surface area contributed by atoms with Crippen LogP contribution in [0.3, 0.4) is 0 Å². The Bertz CT molecular complexity index is 1410. The monoisotopic (exact) mass is 625 g/mol. The molecule has 3 aromatic rings. The van der Waals surface area contributed by atoms with Crippen LogP contribution in [0.1, 0.15) is 24.1 Å². The number of aliphatic hydroxyl groups excluding tert-OH is 2. The van der Waals surface area contributed by atoms with Crippen molar-refractivity contribution in [2.24, 2.45) is 0 Å². The summed E-state index contributed by atoms with van der Waals surface area (Å²) in [4.78, 5) is 24.9. The van der Waals surface area contributed by atoms with E-state index >= 15 is 0 Å². The minimum atomic E-state index is -5.05. The molecular formula is C25H26ClF6N5O5. The van der Waals surface area contributed by atoms with E-state index in [1.807, 2.05) is 0 Å². The van der Waals surface area contributed by atoms with Gasteiger partial charge in [0.05, 0.1) is 31.3 Å². The molecule has 10 nitrogen and oxygen atoms in total. The van der Waals surface area contributed by atoms with Crippen molar-refractivity contribution in [2.45, 2.75) is 50.7 Å². The lowest BCUT2D eigenvalue weighted by Gasteiger charge is -2.24. The fraction of sp³-hybridized carbons (Fsp3) is 0.400. The maximum absolute atomic E-state index is 13.3. The smallest absolute Gasteiger partial charge is 0.416 e. The molecule has 0 saturated heterocycles. The van der Waals surface area contributed by atoms with Crippen molar-refractivity contribution in [3.8, 4) is 11.4 Å². The number of carbonyl (C=O) groups excluding carboxylic acids is 1. The maximum atomic E-state index is 13.3. The topological polar surface area (TPSA) is 131 Å². The van der Waals surface area contributed by atoms with E-state index < -0.39 is 61.2 Å². The Morgan fingerprint density at radius 1 is 1.07 bits per heavy atom. The Morgan fingerprint density at radius 3 is 2.33 bits per heavy atom. The van der Waals surface area contributed by atoms with Gasteiger partial charge in [-0.25, -0.2) is 14.3 Å². The lowest BCUT2D eigenvalue weighted by Crippen LogP contribution is -2.44. The Balaban J connectivity index is 1.92. The number of nitrogens with one attached hydrogen (secondary N) is 2. The summed E-state index contributed by atoms with van der Waals surface area (Å²) in [5, 5.41) is 29.6. The first kappa shape index (κ1) is 32.9. The number of nitrogens with zero attached hydrogens (tertiary/aromatic N) is 3. The molecule has 42 heavy (non-hydrogen) atoms. The summed E-state index contributed by atoms with van der Waals surface area (Å²) in [7, 11) is 0. The predicted molar refractivity (Wildman–Crippen MR) is 137 cm³/mol. The number of aromatic nitrogens is 3. The number of carbonyl (C=O) groups is 1. The normalized spacial score (nSPS) is 14.3. The van der Waals surface area contributed by atoms with Crippen LogP contribution in [0, 0.1) is 0 Å². The molecule has 2 aromatic carbocycles. The van der Waals surface area contributed by atoms with Crippen LogP contribution in [0.4, 0.5) is 31.1 Å². The van der Waals surface area contributed by atoms with E-state index in [-0.39, 0.29) is 30.1 Å². The summed E-state index contributed by atoms with van der Waals surface area (Å²) in [6, 6.07) is 8.48. The van der Waals surface area contributed by atoms with Crippen molar-refractivity contribution in [1.82, 2.24) is 25.0 Å². The molecule has 0 spiro atoms. The van der Waals surface area contributed by atoms with Gasteiger partial charge < -0.3 is 20.3 Å². The van der Waals surface area contributed by atoms with Crippen LogP contribution in [-0.2, 0) is 24.0 Å². The highest BCUT2D eigenvalue weighted by molar-refractivity contribution is 6.30. The molecule has 17 heteroatoms. The summed E-state index contributed by atoms with van der Waals surface area (Å²) in [5.74, 6) is -0.273. The minimum Gasteiger partial charge on any atom is -0.450 e. The van der Waals surface area contributed by atoms with Crippen LogP contribution >= 0.6 is 11.6 Å². The van der Waals surface area contributed by atoms with Gasteiger partial charge in [-0.1, -0.05) is 23.7 Å². The van der Waals surface area contributed by atoms with Gasteiger partial charge >= 0.3 is 24.1 Å². The number of alkyl halides is 6. The molecule has 0 bridgehead atoms. The van der Waals surface area contributed by atoms with E-state index in [1.54, 1.807) is 0 Å². The number of alkyl carbamates (subject to hydrolysis) is 1. The number of benzene rings is 2. The Hall–Kier alpha value is -3.60. The highest BCUT2D eigenvalue weighted by atomic mass is 35.5. The zero-order chi connectivity index (χ0) is 31.2. The first-order valence-electron chi connectivity index (χ1n) is 12.3. The van der Waals surface area contributed by atoms with Gasteiger partial charge in [-0.3, -0.25) is 9.88 Å². The van der Waals surface area contributed by atoms with Gasteiger partial charge in [0.15, 0.2) is 11.9 Å². The zero-order valence-corrected chi connectivity index (χ0v) is 22.5. The molecule has 230 valence electrons. The summed E-state index contributed by atoms with van der Waals surface area (Å²) >= 11 is 5.86. The predicted octanol–water partition coefficient (Wildman–Crippen LogP) is 3.70. The number of hydrogen-bond acceptors (Lipinski definition) is 7. The quantitative estimate of drug-likeness (QED) is 0.189. The Labute approximate surface area is 239 Å². The van der Waals surface area contributed by atoms with Gasteiger partial charge in [0.1, 0.15) is 6.23 Å². The van der Waals surface area contributed by atoms with Gasteiger partial charge in [0.2, 0.25) is 0 Å². The number of aliphatic hydroxyl groups is 2. The molecular weight excluding hydrogens is 600 g/mol.